The second kappa shape index (κ2) is 5.94. The predicted octanol–water partition coefficient (Wildman–Crippen LogP) is 1.35. The van der Waals surface area contributed by atoms with Crippen molar-refractivity contribution >= 4 is 21.6 Å². The Labute approximate surface area is 129 Å². The third kappa shape index (κ3) is 3.20. The fourth-order valence-electron chi connectivity index (χ4n) is 2.44. The molecule has 1 aromatic heterocycles. The quantitative estimate of drug-likeness (QED) is 0.789. The van der Waals surface area contributed by atoms with Crippen LogP contribution >= 0.6 is 0 Å². The van der Waals surface area contributed by atoms with E-state index in [4.69, 9.17) is 0 Å². The second-order valence-electron chi connectivity index (χ2n) is 5.22. The SMILES string of the molecule is O=C1Cc2cc(S(=O)(=O)NCCCn3cccc3)ccc2N1. The first kappa shape index (κ1) is 14.8. The highest BCUT2D eigenvalue weighted by Crippen LogP contribution is 2.25. The molecule has 7 heteroatoms. The smallest absolute Gasteiger partial charge is 0.240 e. The number of carbonyl (C=O) groups excluding carboxylic acids is 1. The van der Waals surface area contributed by atoms with Crippen molar-refractivity contribution in [1.29, 1.82) is 0 Å². The van der Waals surface area contributed by atoms with Crippen LogP contribution < -0.4 is 10.0 Å². The Morgan fingerprint density at radius 3 is 2.77 bits per heavy atom. The number of anilines is 1. The normalized spacial score (nSPS) is 13.9. The molecule has 2 aromatic rings. The molecule has 2 N–H and O–H groups in total. The molecule has 0 saturated carbocycles. The lowest BCUT2D eigenvalue weighted by atomic mass is 10.2. The minimum Gasteiger partial charge on any atom is -0.354 e. The summed E-state index contributed by atoms with van der Waals surface area (Å²) >= 11 is 0. The third-order valence-electron chi connectivity index (χ3n) is 3.56. The van der Waals surface area contributed by atoms with E-state index in [1.165, 1.54) is 6.07 Å². The molecule has 1 aliphatic rings. The van der Waals surface area contributed by atoms with E-state index < -0.39 is 10.0 Å². The van der Waals surface area contributed by atoms with Gasteiger partial charge in [0.25, 0.3) is 0 Å². The molecule has 0 spiro atoms. The molecule has 22 heavy (non-hydrogen) atoms. The molecule has 0 saturated heterocycles. The first-order valence-electron chi connectivity index (χ1n) is 7.08. The first-order chi connectivity index (χ1) is 10.5. The summed E-state index contributed by atoms with van der Waals surface area (Å²) in [6.45, 7) is 1.13. The van der Waals surface area contributed by atoms with Gasteiger partial charge in [-0.15, -0.1) is 0 Å². The molecule has 3 rings (SSSR count). The van der Waals surface area contributed by atoms with Crippen molar-refractivity contribution in [3.63, 3.8) is 0 Å². The van der Waals surface area contributed by atoms with E-state index in [0.29, 0.717) is 18.7 Å². The van der Waals surface area contributed by atoms with Gasteiger partial charge in [0, 0.05) is 31.2 Å². The third-order valence-corrected chi connectivity index (χ3v) is 5.02. The number of fused-ring (bicyclic) bond motifs is 1. The summed E-state index contributed by atoms with van der Waals surface area (Å²) in [6, 6.07) is 8.57. The Morgan fingerprint density at radius 1 is 1.23 bits per heavy atom. The molecule has 0 bridgehead atoms. The Morgan fingerprint density at radius 2 is 2.00 bits per heavy atom. The van der Waals surface area contributed by atoms with Crippen LogP contribution in [0.4, 0.5) is 5.69 Å². The molecule has 0 unspecified atom stereocenters. The van der Waals surface area contributed by atoms with E-state index in [9.17, 15) is 13.2 Å². The van der Waals surface area contributed by atoms with Gasteiger partial charge in [0.1, 0.15) is 0 Å². The van der Waals surface area contributed by atoms with Crippen LogP contribution in [0.2, 0.25) is 0 Å². The lowest BCUT2D eigenvalue weighted by Gasteiger charge is -2.08. The summed E-state index contributed by atoms with van der Waals surface area (Å²) in [4.78, 5) is 11.5. The number of hydrogen-bond donors (Lipinski definition) is 2. The highest BCUT2D eigenvalue weighted by Gasteiger charge is 2.21. The Balaban J connectivity index is 1.61. The zero-order valence-electron chi connectivity index (χ0n) is 12.0. The molecule has 0 aliphatic carbocycles. The molecule has 116 valence electrons. The monoisotopic (exact) mass is 319 g/mol. The summed E-state index contributed by atoms with van der Waals surface area (Å²) < 4.78 is 29.1. The molecule has 0 radical (unpaired) electrons. The van der Waals surface area contributed by atoms with Crippen LogP contribution in [0.1, 0.15) is 12.0 Å². The lowest BCUT2D eigenvalue weighted by molar-refractivity contribution is -0.115. The number of carbonyl (C=O) groups is 1. The number of aromatic nitrogens is 1. The molecule has 1 amide bonds. The summed E-state index contributed by atoms with van der Waals surface area (Å²) in [6.07, 6.45) is 4.82. The van der Waals surface area contributed by atoms with Gasteiger partial charge in [-0.2, -0.15) is 0 Å². The van der Waals surface area contributed by atoms with E-state index in [1.54, 1.807) is 12.1 Å². The highest BCUT2D eigenvalue weighted by molar-refractivity contribution is 7.89. The second-order valence-corrected chi connectivity index (χ2v) is 6.98. The van der Waals surface area contributed by atoms with Crippen LogP contribution in [-0.2, 0) is 27.8 Å². The molecule has 2 heterocycles. The van der Waals surface area contributed by atoms with Gasteiger partial charge in [-0.25, -0.2) is 13.1 Å². The Bertz CT molecular complexity index is 782. The zero-order chi connectivity index (χ0) is 15.6. The predicted molar refractivity (Wildman–Crippen MR) is 83.0 cm³/mol. The molecule has 1 aliphatic heterocycles. The first-order valence-corrected chi connectivity index (χ1v) is 8.56. The summed E-state index contributed by atoms with van der Waals surface area (Å²) in [5.41, 5.74) is 1.41. The van der Waals surface area contributed by atoms with Crippen LogP contribution in [0.15, 0.2) is 47.6 Å². The molecule has 0 fully saturated rings. The van der Waals surface area contributed by atoms with Gasteiger partial charge in [0.05, 0.1) is 11.3 Å². The maximum absolute atomic E-state index is 12.3. The van der Waals surface area contributed by atoms with Gasteiger partial charge in [-0.1, -0.05) is 0 Å². The van der Waals surface area contributed by atoms with Gasteiger partial charge in [-0.05, 0) is 42.3 Å². The van der Waals surface area contributed by atoms with Crippen LogP contribution in [0.25, 0.3) is 0 Å². The minimum absolute atomic E-state index is 0.107. The van der Waals surface area contributed by atoms with E-state index in [-0.39, 0.29) is 17.2 Å². The fourth-order valence-corrected chi connectivity index (χ4v) is 3.57. The topological polar surface area (TPSA) is 80.2 Å². The van der Waals surface area contributed by atoms with Crippen molar-refractivity contribution in [2.24, 2.45) is 0 Å². The minimum atomic E-state index is -3.54. The molecule has 0 atom stereocenters. The van der Waals surface area contributed by atoms with E-state index in [2.05, 4.69) is 10.0 Å². The summed E-state index contributed by atoms with van der Waals surface area (Å²) in [7, 11) is -3.54. The van der Waals surface area contributed by atoms with Crippen molar-refractivity contribution in [1.82, 2.24) is 9.29 Å². The van der Waals surface area contributed by atoms with Gasteiger partial charge >= 0.3 is 0 Å². The largest absolute Gasteiger partial charge is 0.354 e. The highest BCUT2D eigenvalue weighted by atomic mass is 32.2. The maximum Gasteiger partial charge on any atom is 0.240 e. The molecular weight excluding hydrogens is 302 g/mol. The van der Waals surface area contributed by atoms with Crippen LogP contribution in [0.3, 0.4) is 0 Å². The molecular formula is C15H17N3O3S. The number of aryl methyl sites for hydroxylation is 1. The summed E-state index contributed by atoms with van der Waals surface area (Å²) in [5.74, 6) is -0.107. The number of nitrogens with zero attached hydrogens (tertiary/aromatic N) is 1. The van der Waals surface area contributed by atoms with Crippen molar-refractivity contribution in [3.05, 3.63) is 48.3 Å². The van der Waals surface area contributed by atoms with E-state index in [0.717, 1.165) is 12.1 Å². The van der Waals surface area contributed by atoms with Crippen LogP contribution in [0, 0.1) is 0 Å². The average molecular weight is 319 g/mol. The van der Waals surface area contributed by atoms with Crippen LogP contribution in [0.5, 0.6) is 0 Å². The number of amides is 1. The number of benzene rings is 1. The summed E-state index contributed by atoms with van der Waals surface area (Å²) in [5, 5.41) is 2.69. The van der Waals surface area contributed by atoms with Crippen LogP contribution in [-0.4, -0.2) is 25.4 Å². The van der Waals surface area contributed by atoms with Crippen molar-refractivity contribution < 1.29 is 13.2 Å². The Hall–Kier alpha value is -2.12. The van der Waals surface area contributed by atoms with Crippen molar-refractivity contribution in [2.75, 3.05) is 11.9 Å². The maximum atomic E-state index is 12.3. The standard InChI is InChI=1S/C15H17N3O3S/c19-15-11-12-10-13(4-5-14(12)17-15)22(20,21)16-6-3-9-18-7-1-2-8-18/h1-2,4-5,7-8,10,16H,3,6,9,11H2,(H,17,19). The molecule has 1 aromatic carbocycles. The number of sulfonamides is 1. The zero-order valence-corrected chi connectivity index (χ0v) is 12.8. The lowest BCUT2D eigenvalue weighted by Crippen LogP contribution is -2.25. The van der Waals surface area contributed by atoms with Gasteiger partial charge < -0.3 is 9.88 Å². The van der Waals surface area contributed by atoms with Crippen molar-refractivity contribution in [3.8, 4) is 0 Å². The number of rotatable bonds is 6. The fraction of sp³-hybridized carbons (Fsp3) is 0.267. The van der Waals surface area contributed by atoms with Gasteiger partial charge in [0.2, 0.25) is 15.9 Å². The van der Waals surface area contributed by atoms with Gasteiger partial charge in [-0.3, -0.25) is 4.79 Å². The number of nitrogens with one attached hydrogen (secondary N) is 2. The average Bonchev–Trinajstić information content (AvgIpc) is 3.10. The van der Waals surface area contributed by atoms with Gasteiger partial charge in [0.15, 0.2) is 0 Å². The molecule has 6 nitrogen and oxygen atoms in total. The van der Waals surface area contributed by atoms with E-state index in [1.807, 2.05) is 29.1 Å². The van der Waals surface area contributed by atoms with Crippen molar-refractivity contribution in [2.45, 2.75) is 24.3 Å². The Kier molecular flexibility index (Phi) is 4.00. The van der Waals surface area contributed by atoms with E-state index >= 15 is 0 Å². The number of hydrogen-bond acceptors (Lipinski definition) is 3.